The van der Waals surface area contributed by atoms with Crippen LogP contribution in [0.1, 0.15) is 38.2 Å². The molecule has 1 heterocycles. The minimum absolute atomic E-state index is 0.0119. The Morgan fingerprint density at radius 3 is 2.78 bits per heavy atom. The number of unbranched alkanes of at least 4 members (excludes halogenated alkanes) is 1. The molecule has 1 aliphatic rings. The molecule has 7 nitrogen and oxygen atoms in total. The number of rotatable bonds is 9. The first-order chi connectivity index (χ1) is 13.2. The number of ether oxygens (including phenoxy) is 1. The van der Waals surface area contributed by atoms with Gasteiger partial charge in [0.2, 0.25) is 0 Å². The molecule has 0 aliphatic carbocycles. The molecule has 1 aromatic carbocycles. The lowest BCUT2D eigenvalue weighted by Gasteiger charge is -2.17. The molecular formula is C20H33N5O2. The molecule has 0 unspecified atom stereocenters. The molecule has 0 spiro atoms. The van der Waals surface area contributed by atoms with E-state index in [1.807, 2.05) is 36.1 Å². The summed E-state index contributed by atoms with van der Waals surface area (Å²) in [5, 5.41) is 9.60. The van der Waals surface area contributed by atoms with Crippen LogP contribution in [0.5, 0.6) is 0 Å². The minimum atomic E-state index is -0.0119. The summed E-state index contributed by atoms with van der Waals surface area (Å²) in [7, 11) is 1.77. The number of nitrogens with one attached hydrogen (secondary N) is 3. The van der Waals surface area contributed by atoms with E-state index in [9.17, 15) is 4.79 Å². The Morgan fingerprint density at radius 1 is 1.22 bits per heavy atom. The fourth-order valence-electron chi connectivity index (χ4n) is 2.97. The van der Waals surface area contributed by atoms with Gasteiger partial charge < -0.3 is 25.6 Å². The van der Waals surface area contributed by atoms with Crippen molar-refractivity contribution < 1.29 is 9.53 Å². The highest BCUT2D eigenvalue weighted by Crippen LogP contribution is 2.14. The Balaban J connectivity index is 1.73. The topological polar surface area (TPSA) is 78.0 Å². The first kappa shape index (κ1) is 21.0. The SMILES string of the molecule is CCOCCCCNC(=NC)NCc1cccc(NC(=O)N2CCCC2)c1. The van der Waals surface area contributed by atoms with Gasteiger partial charge >= 0.3 is 6.03 Å². The van der Waals surface area contributed by atoms with Crippen LogP contribution in [0.3, 0.4) is 0 Å². The zero-order valence-electron chi connectivity index (χ0n) is 16.6. The molecule has 1 fully saturated rings. The Hall–Kier alpha value is -2.28. The molecule has 0 saturated carbocycles. The third-order valence-corrected chi connectivity index (χ3v) is 4.47. The van der Waals surface area contributed by atoms with Crippen LogP contribution in [0.25, 0.3) is 0 Å². The van der Waals surface area contributed by atoms with Gasteiger partial charge in [0.05, 0.1) is 0 Å². The van der Waals surface area contributed by atoms with E-state index in [0.29, 0.717) is 6.54 Å². The number of carbonyl (C=O) groups excluding carboxylic acids is 1. The Bertz CT molecular complexity index is 600. The quantitative estimate of drug-likeness (QED) is 0.352. The highest BCUT2D eigenvalue weighted by Gasteiger charge is 2.17. The molecule has 150 valence electrons. The van der Waals surface area contributed by atoms with Crippen LogP contribution in [0.4, 0.5) is 10.5 Å². The molecule has 27 heavy (non-hydrogen) atoms. The molecule has 0 aromatic heterocycles. The fraction of sp³-hybridized carbons (Fsp3) is 0.600. The van der Waals surface area contributed by atoms with Crippen LogP contribution in [0.2, 0.25) is 0 Å². The van der Waals surface area contributed by atoms with Gasteiger partial charge in [-0.1, -0.05) is 12.1 Å². The van der Waals surface area contributed by atoms with Gasteiger partial charge in [-0.3, -0.25) is 4.99 Å². The molecule has 0 bridgehead atoms. The molecule has 7 heteroatoms. The van der Waals surface area contributed by atoms with Gasteiger partial charge in [-0.05, 0) is 50.3 Å². The summed E-state index contributed by atoms with van der Waals surface area (Å²) in [5.41, 5.74) is 1.92. The predicted molar refractivity (Wildman–Crippen MR) is 110 cm³/mol. The number of nitrogens with zero attached hydrogens (tertiary/aromatic N) is 2. The summed E-state index contributed by atoms with van der Waals surface area (Å²) < 4.78 is 5.34. The predicted octanol–water partition coefficient (Wildman–Crippen LogP) is 2.80. The molecule has 1 aliphatic heterocycles. The maximum absolute atomic E-state index is 12.2. The van der Waals surface area contributed by atoms with Crippen molar-refractivity contribution in [3.05, 3.63) is 29.8 Å². The number of anilines is 1. The summed E-state index contributed by atoms with van der Waals surface area (Å²) in [6, 6.07) is 7.90. The van der Waals surface area contributed by atoms with E-state index < -0.39 is 0 Å². The van der Waals surface area contributed by atoms with Crippen molar-refractivity contribution in [2.45, 2.75) is 39.2 Å². The average Bonchev–Trinajstić information content (AvgIpc) is 3.22. The molecule has 1 saturated heterocycles. The summed E-state index contributed by atoms with van der Waals surface area (Å²) in [6.07, 6.45) is 4.26. The number of hydrogen-bond donors (Lipinski definition) is 3. The minimum Gasteiger partial charge on any atom is -0.382 e. The van der Waals surface area contributed by atoms with Gasteiger partial charge in [0.15, 0.2) is 5.96 Å². The highest BCUT2D eigenvalue weighted by atomic mass is 16.5. The number of benzene rings is 1. The fourth-order valence-corrected chi connectivity index (χ4v) is 2.97. The monoisotopic (exact) mass is 375 g/mol. The number of hydrogen-bond acceptors (Lipinski definition) is 3. The van der Waals surface area contributed by atoms with Crippen molar-refractivity contribution in [3.63, 3.8) is 0 Å². The van der Waals surface area contributed by atoms with E-state index in [2.05, 4.69) is 20.9 Å². The van der Waals surface area contributed by atoms with Gasteiger partial charge in [0.1, 0.15) is 0 Å². The first-order valence-corrected chi connectivity index (χ1v) is 9.90. The van der Waals surface area contributed by atoms with Crippen molar-refractivity contribution in [2.24, 2.45) is 4.99 Å². The normalized spacial score (nSPS) is 14.3. The van der Waals surface area contributed by atoms with E-state index in [1.165, 1.54) is 0 Å². The molecule has 2 rings (SSSR count). The van der Waals surface area contributed by atoms with Gasteiger partial charge in [-0.25, -0.2) is 4.79 Å². The zero-order chi connectivity index (χ0) is 19.3. The van der Waals surface area contributed by atoms with E-state index in [4.69, 9.17) is 4.74 Å². The number of guanidine groups is 1. The van der Waals surface area contributed by atoms with Crippen LogP contribution >= 0.6 is 0 Å². The van der Waals surface area contributed by atoms with Crippen molar-refractivity contribution in [2.75, 3.05) is 45.2 Å². The van der Waals surface area contributed by atoms with Gasteiger partial charge in [0, 0.05) is 52.1 Å². The van der Waals surface area contributed by atoms with E-state index in [0.717, 1.165) is 75.7 Å². The first-order valence-electron chi connectivity index (χ1n) is 9.90. The second-order valence-corrected chi connectivity index (χ2v) is 6.58. The van der Waals surface area contributed by atoms with E-state index in [-0.39, 0.29) is 6.03 Å². The second-order valence-electron chi connectivity index (χ2n) is 6.58. The lowest BCUT2D eigenvalue weighted by Crippen LogP contribution is -2.37. The summed E-state index contributed by atoms with van der Waals surface area (Å²) in [5.74, 6) is 0.776. The van der Waals surface area contributed by atoms with Crippen LogP contribution in [0.15, 0.2) is 29.3 Å². The van der Waals surface area contributed by atoms with Crippen molar-refractivity contribution in [1.82, 2.24) is 15.5 Å². The van der Waals surface area contributed by atoms with Crippen molar-refractivity contribution in [1.29, 1.82) is 0 Å². The highest BCUT2D eigenvalue weighted by molar-refractivity contribution is 5.89. The standard InChI is InChI=1S/C20H33N5O2/c1-3-27-14-7-4-11-22-19(21-2)23-16-17-9-8-10-18(15-17)24-20(26)25-12-5-6-13-25/h8-10,15H,3-7,11-14,16H2,1-2H3,(H,24,26)(H2,21,22,23). The molecule has 0 radical (unpaired) electrons. The Kier molecular flexibility index (Phi) is 9.48. The van der Waals surface area contributed by atoms with Crippen LogP contribution in [-0.2, 0) is 11.3 Å². The molecular weight excluding hydrogens is 342 g/mol. The molecule has 0 atom stereocenters. The maximum Gasteiger partial charge on any atom is 0.321 e. The largest absolute Gasteiger partial charge is 0.382 e. The lowest BCUT2D eigenvalue weighted by molar-refractivity contribution is 0.143. The van der Waals surface area contributed by atoms with E-state index >= 15 is 0 Å². The summed E-state index contributed by atoms with van der Waals surface area (Å²) in [6.45, 7) is 6.79. The van der Waals surface area contributed by atoms with Crippen molar-refractivity contribution in [3.8, 4) is 0 Å². The Morgan fingerprint density at radius 2 is 2.04 bits per heavy atom. The zero-order valence-corrected chi connectivity index (χ0v) is 16.6. The molecule has 2 amide bonds. The lowest BCUT2D eigenvalue weighted by atomic mass is 10.2. The van der Waals surface area contributed by atoms with Crippen LogP contribution < -0.4 is 16.0 Å². The van der Waals surface area contributed by atoms with Crippen LogP contribution in [0, 0.1) is 0 Å². The number of urea groups is 1. The third-order valence-electron chi connectivity index (χ3n) is 4.47. The number of carbonyl (C=O) groups is 1. The second kappa shape index (κ2) is 12.2. The van der Waals surface area contributed by atoms with Gasteiger partial charge in [-0.15, -0.1) is 0 Å². The van der Waals surface area contributed by atoms with Gasteiger partial charge in [-0.2, -0.15) is 0 Å². The average molecular weight is 376 g/mol. The van der Waals surface area contributed by atoms with E-state index in [1.54, 1.807) is 7.05 Å². The smallest absolute Gasteiger partial charge is 0.321 e. The van der Waals surface area contributed by atoms with Crippen LogP contribution in [-0.4, -0.2) is 56.8 Å². The summed E-state index contributed by atoms with van der Waals surface area (Å²) in [4.78, 5) is 18.3. The number of aliphatic imine (C=N–C) groups is 1. The molecule has 3 N–H and O–H groups in total. The number of amides is 2. The summed E-state index contributed by atoms with van der Waals surface area (Å²) >= 11 is 0. The van der Waals surface area contributed by atoms with Crippen molar-refractivity contribution >= 4 is 17.7 Å². The maximum atomic E-state index is 12.2. The Labute approximate surface area is 162 Å². The van der Waals surface area contributed by atoms with Gasteiger partial charge in [0.25, 0.3) is 0 Å². The third kappa shape index (κ3) is 7.86. The number of likely N-dealkylation sites (tertiary alicyclic amines) is 1. The molecule has 1 aromatic rings.